The minimum atomic E-state index is -1.69. The van der Waals surface area contributed by atoms with E-state index in [-0.39, 0.29) is 0 Å². The van der Waals surface area contributed by atoms with Gasteiger partial charge in [0.25, 0.3) is 0 Å². The van der Waals surface area contributed by atoms with Gasteiger partial charge in [-0.15, -0.1) is 0 Å². The van der Waals surface area contributed by atoms with E-state index in [0.717, 1.165) is 6.42 Å². The molecule has 1 aromatic rings. The first-order valence-electron chi connectivity index (χ1n) is 4.13. The maximum absolute atomic E-state index is 9.02. The molecule has 0 heterocycles. The van der Waals surface area contributed by atoms with E-state index >= 15 is 0 Å². The highest BCUT2D eigenvalue weighted by atomic mass is 127. The van der Waals surface area contributed by atoms with Gasteiger partial charge in [0.15, 0.2) is 0 Å². The van der Waals surface area contributed by atoms with Crippen LogP contribution in [0.3, 0.4) is 0 Å². The lowest BCUT2D eigenvalue weighted by molar-refractivity contribution is 0.231. The van der Waals surface area contributed by atoms with E-state index in [9.17, 15) is 0 Å². The molecule has 0 amide bonds. The van der Waals surface area contributed by atoms with Crippen LogP contribution in [0.2, 0.25) is 0 Å². The second-order valence-electron chi connectivity index (χ2n) is 2.60. The summed E-state index contributed by atoms with van der Waals surface area (Å²) in [6, 6.07) is 8.10. The third-order valence-corrected chi connectivity index (χ3v) is 3.46. The predicted molar refractivity (Wildman–Crippen MR) is 65.0 cm³/mol. The molecule has 5 heteroatoms. The number of rotatable bonds is 5. The summed E-state index contributed by atoms with van der Waals surface area (Å²) >= 11 is 2.28. The number of benzene rings is 1. The zero-order valence-electron chi connectivity index (χ0n) is 7.81. The van der Waals surface area contributed by atoms with Crippen molar-refractivity contribution in [3.8, 4) is 0 Å². The van der Waals surface area contributed by atoms with Crippen molar-refractivity contribution in [3.63, 3.8) is 0 Å². The van der Waals surface area contributed by atoms with Crippen molar-refractivity contribution in [2.24, 2.45) is 0 Å². The summed E-state index contributed by atoms with van der Waals surface area (Å²) in [4.78, 5) is 9.02. The van der Waals surface area contributed by atoms with Crippen molar-refractivity contribution >= 4 is 31.2 Å². The van der Waals surface area contributed by atoms with Crippen LogP contribution in [-0.2, 0) is 15.5 Å². The Morgan fingerprint density at radius 1 is 1.43 bits per heavy atom. The molecule has 3 nitrogen and oxygen atoms in total. The second-order valence-corrected chi connectivity index (χ2v) is 4.86. The van der Waals surface area contributed by atoms with Gasteiger partial charge in [0.2, 0.25) is 0 Å². The minimum absolute atomic E-state index is 0.482. The fourth-order valence-corrected chi connectivity index (χ4v) is 2.00. The molecule has 0 radical (unpaired) electrons. The lowest BCUT2D eigenvalue weighted by atomic mass is 10.2. The van der Waals surface area contributed by atoms with Crippen LogP contribution in [0.25, 0.3) is 0 Å². The predicted octanol–water partition coefficient (Wildman–Crippen LogP) is 2.72. The standard InChI is InChI=1S/C9H12IO3P/c1-12-14(11)13-7-6-8-4-2-3-5-9(8)10/h2-5,11H,6-7H2,1H3. The van der Waals surface area contributed by atoms with Gasteiger partial charge in [-0.05, 0) is 40.6 Å². The van der Waals surface area contributed by atoms with E-state index in [1.165, 1.54) is 16.2 Å². The largest absolute Gasteiger partial charge is 0.329 e. The molecule has 78 valence electrons. The van der Waals surface area contributed by atoms with Gasteiger partial charge in [0.1, 0.15) is 0 Å². The Hall–Kier alpha value is 0.260. The van der Waals surface area contributed by atoms with Crippen LogP contribution in [0.15, 0.2) is 24.3 Å². The quantitative estimate of drug-likeness (QED) is 0.668. The Kier molecular flexibility index (Phi) is 5.89. The molecule has 0 bridgehead atoms. The first kappa shape index (κ1) is 12.3. The molecule has 0 fully saturated rings. The Morgan fingerprint density at radius 3 is 2.79 bits per heavy atom. The lowest BCUT2D eigenvalue weighted by Gasteiger charge is -2.08. The van der Waals surface area contributed by atoms with Gasteiger partial charge in [0, 0.05) is 10.7 Å². The van der Waals surface area contributed by atoms with Crippen LogP contribution in [-0.4, -0.2) is 18.6 Å². The Bertz CT molecular complexity index is 283. The van der Waals surface area contributed by atoms with Gasteiger partial charge in [-0.2, -0.15) is 0 Å². The number of halogens is 1. The third kappa shape index (κ3) is 4.19. The molecule has 0 saturated heterocycles. The topological polar surface area (TPSA) is 38.7 Å². The van der Waals surface area contributed by atoms with Crippen LogP contribution in [0.5, 0.6) is 0 Å². The summed E-state index contributed by atoms with van der Waals surface area (Å²) in [5.74, 6) is 0. The molecule has 1 N–H and O–H groups in total. The summed E-state index contributed by atoms with van der Waals surface area (Å²) in [7, 11) is -0.258. The molecular weight excluding hydrogens is 314 g/mol. The molecule has 0 aliphatic carbocycles. The average Bonchev–Trinajstić information content (AvgIpc) is 2.20. The Balaban J connectivity index is 2.35. The first-order valence-corrected chi connectivity index (χ1v) is 6.34. The van der Waals surface area contributed by atoms with Gasteiger partial charge in [-0.1, -0.05) is 18.2 Å². The van der Waals surface area contributed by atoms with Gasteiger partial charge in [0.05, 0.1) is 6.61 Å². The average molecular weight is 326 g/mol. The van der Waals surface area contributed by atoms with Crippen molar-refractivity contribution in [1.29, 1.82) is 0 Å². The van der Waals surface area contributed by atoms with Crippen molar-refractivity contribution in [1.82, 2.24) is 0 Å². The summed E-state index contributed by atoms with van der Waals surface area (Å²) in [6.07, 6.45) is 0.794. The fourth-order valence-electron chi connectivity index (χ4n) is 0.988. The van der Waals surface area contributed by atoms with Gasteiger partial charge >= 0.3 is 8.60 Å². The molecule has 0 aromatic heterocycles. The molecular formula is C9H12IO3P. The molecule has 0 aliphatic heterocycles. The summed E-state index contributed by atoms with van der Waals surface area (Å²) < 4.78 is 10.9. The molecule has 0 saturated carbocycles. The van der Waals surface area contributed by atoms with E-state index < -0.39 is 8.60 Å². The van der Waals surface area contributed by atoms with Crippen LogP contribution >= 0.6 is 31.2 Å². The summed E-state index contributed by atoms with van der Waals surface area (Å²) in [5.41, 5.74) is 1.23. The molecule has 14 heavy (non-hydrogen) atoms. The molecule has 1 aromatic carbocycles. The molecule has 0 spiro atoms. The van der Waals surface area contributed by atoms with Crippen molar-refractivity contribution < 1.29 is 13.9 Å². The van der Waals surface area contributed by atoms with E-state index in [4.69, 9.17) is 9.42 Å². The van der Waals surface area contributed by atoms with Crippen molar-refractivity contribution in [2.75, 3.05) is 13.7 Å². The smallest absolute Gasteiger partial charge is 0.328 e. The highest BCUT2D eigenvalue weighted by molar-refractivity contribution is 14.1. The molecule has 1 rings (SSSR count). The van der Waals surface area contributed by atoms with Crippen molar-refractivity contribution in [2.45, 2.75) is 6.42 Å². The van der Waals surface area contributed by atoms with E-state index in [1.807, 2.05) is 18.2 Å². The Morgan fingerprint density at radius 2 is 2.14 bits per heavy atom. The maximum atomic E-state index is 9.02. The second kappa shape index (κ2) is 6.69. The highest BCUT2D eigenvalue weighted by Gasteiger charge is 2.04. The van der Waals surface area contributed by atoms with E-state index in [0.29, 0.717) is 6.61 Å². The van der Waals surface area contributed by atoms with Gasteiger partial charge in [-0.3, -0.25) is 0 Å². The van der Waals surface area contributed by atoms with Crippen LogP contribution in [0.4, 0.5) is 0 Å². The fraction of sp³-hybridized carbons (Fsp3) is 0.333. The molecule has 1 unspecified atom stereocenters. The Labute approximate surface area is 98.6 Å². The number of hydrogen-bond acceptors (Lipinski definition) is 3. The lowest BCUT2D eigenvalue weighted by Crippen LogP contribution is -1.97. The van der Waals surface area contributed by atoms with Crippen LogP contribution in [0.1, 0.15) is 5.56 Å². The van der Waals surface area contributed by atoms with Crippen LogP contribution in [0, 0.1) is 3.57 Å². The normalized spacial score (nSPS) is 12.8. The zero-order valence-corrected chi connectivity index (χ0v) is 10.9. The molecule has 1 atom stereocenters. The van der Waals surface area contributed by atoms with Gasteiger partial charge < -0.3 is 13.9 Å². The van der Waals surface area contributed by atoms with E-state index in [2.05, 4.69) is 33.2 Å². The van der Waals surface area contributed by atoms with Gasteiger partial charge in [-0.25, -0.2) is 0 Å². The molecule has 0 aliphatic rings. The SMILES string of the molecule is COP(O)OCCc1ccccc1I. The summed E-state index contributed by atoms with van der Waals surface area (Å²) in [6.45, 7) is 0.482. The monoisotopic (exact) mass is 326 g/mol. The third-order valence-electron chi connectivity index (χ3n) is 1.69. The number of hydrogen-bond donors (Lipinski definition) is 1. The maximum Gasteiger partial charge on any atom is 0.329 e. The zero-order chi connectivity index (χ0) is 10.4. The first-order chi connectivity index (χ1) is 6.74. The highest BCUT2D eigenvalue weighted by Crippen LogP contribution is 2.31. The van der Waals surface area contributed by atoms with Crippen molar-refractivity contribution in [3.05, 3.63) is 33.4 Å². The van der Waals surface area contributed by atoms with E-state index in [1.54, 1.807) is 0 Å². The summed E-state index contributed by atoms with van der Waals surface area (Å²) in [5, 5.41) is 0. The minimum Gasteiger partial charge on any atom is -0.328 e. The van der Waals surface area contributed by atoms with Crippen LogP contribution < -0.4 is 0 Å².